The zero-order valence-electron chi connectivity index (χ0n) is 11.5. The first kappa shape index (κ1) is 17.2. The summed E-state index contributed by atoms with van der Waals surface area (Å²) in [5, 5.41) is 13.1. The number of rotatable bonds is 7. The van der Waals surface area contributed by atoms with Gasteiger partial charge in [0, 0.05) is 28.8 Å². The quantitative estimate of drug-likeness (QED) is 0.812. The average molecular weight is 320 g/mol. The van der Waals surface area contributed by atoms with Gasteiger partial charge in [-0.05, 0) is 24.1 Å². The first-order valence-electron chi connectivity index (χ1n) is 6.38. The van der Waals surface area contributed by atoms with Gasteiger partial charge in [0.05, 0.1) is 12.7 Å². The molecule has 1 aromatic carbocycles. The van der Waals surface area contributed by atoms with Gasteiger partial charge < -0.3 is 15.2 Å². The van der Waals surface area contributed by atoms with Gasteiger partial charge in [-0.15, -0.1) is 0 Å². The van der Waals surface area contributed by atoms with Crippen LogP contribution in [-0.2, 0) is 4.74 Å². The number of amides is 1. The zero-order chi connectivity index (χ0) is 15.1. The topological polar surface area (TPSA) is 58.6 Å². The molecule has 0 aliphatic carbocycles. The molecular formula is C14H19Cl2NO3. The van der Waals surface area contributed by atoms with E-state index in [1.165, 1.54) is 12.1 Å². The Bertz CT molecular complexity index is 432. The number of ether oxygens (including phenoxy) is 1. The fraction of sp³-hybridized carbons (Fsp3) is 0.500. The molecule has 0 fully saturated rings. The molecule has 112 valence electrons. The number of halogens is 2. The van der Waals surface area contributed by atoms with Crippen molar-refractivity contribution < 1.29 is 14.6 Å². The molecule has 0 heterocycles. The van der Waals surface area contributed by atoms with Gasteiger partial charge in [0.25, 0.3) is 5.91 Å². The number of aliphatic hydroxyl groups excluding tert-OH is 1. The molecule has 1 unspecified atom stereocenters. The molecule has 2 N–H and O–H groups in total. The van der Waals surface area contributed by atoms with Crippen molar-refractivity contribution in [3.05, 3.63) is 33.8 Å². The summed E-state index contributed by atoms with van der Waals surface area (Å²) in [6, 6.07) is 4.59. The number of nitrogens with one attached hydrogen (secondary N) is 1. The van der Waals surface area contributed by atoms with Crippen LogP contribution in [0.4, 0.5) is 0 Å². The summed E-state index contributed by atoms with van der Waals surface area (Å²) in [4.78, 5) is 11.9. The second kappa shape index (κ2) is 8.47. The number of carbonyl (C=O) groups excluding carboxylic acids is 1. The maximum absolute atomic E-state index is 11.9. The van der Waals surface area contributed by atoms with Crippen molar-refractivity contribution in [2.24, 2.45) is 5.92 Å². The van der Waals surface area contributed by atoms with Crippen LogP contribution in [0, 0.1) is 5.92 Å². The highest BCUT2D eigenvalue weighted by Crippen LogP contribution is 2.18. The van der Waals surface area contributed by atoms with Crippen molar-refractivity contribution in [3.63, 3.8) is 0 Å². The summed E-state index contributed by atoms with van der Waals surface area (Å²) in [6.45, 7) is 4.93. The number of hydrogen-bond donors (Lipinski definition) is 2. The van der Waals surface area contributed by atoms with Gasteiger partial charge in [-0.3, -0.25) is 4.79 Å². The highest BCUT2D eigenvalue weighted by Gasteiger charge is 2.11. The van der Waals surface area contributed by atoms with E-state index in [1.807, 2.05) is 13.8 Å². The Balaban J connectivity index is 2.39. The molecule has 0 aliphatic heterocycles. The third-order valence-electron chi connectivity index (χ3n) is 2.38. The maximum atomic E-state index is 11.9. The Morgan fingerprint density at radius 3 is 2.40 bits per heavy atom. The number of benzene rings is 1. The Morgan fingerprint density at radius 2 is 1.85 bits per heavy atom. The van der Waals surface area contributed by atoms with Crippen molar-refractivity contribution in [3.8, 4) is 0 Å². The van der Waals surface area contributed by atoms with Crippen LogP contribution in [-0.4, -0.2) is 36.9 Å². The third-order valence-corrected chi connectivity index (χ3v) is 2.82. The van der Waals surface area contributed by atoms with E-state index in [9.17, 15) is 9.90 Å². The lowest BCUT2D eigenvalue weighted by molar-refractivity contribution is 0.0259. The zero-order valence-corrected chi connectivity index (χ0v) is 13.0. The standard InChI is InChI=1S/C14H19Cl2NO3/c1-9(2)7-20-8-13(18)6-17-14(19)10-3-11(15)5-12(16)4-10/h3-5,9,13,18H,6-8H2,1-2H3,(H,17,19). The van der Waals surface area contributed by atoms with E-state index >= 15 is 0 Å². The summed E-state index contributed by atoms with van der Waals surface area (Å²) in [6.07, 6.45) is -0.743. The number of hydrogen-bond acceptors (Lipinski definition) is 3. The molecule has 0 radical (unpaired) electrons. The fourth-order valence-electron chi connectivity index (χ4n) is 1.50. The van der Waals surface area contributed by atoms with E-state index in [-0.39, 0.29) is 19.1 Å². The summed E-state index contributed by atoms with van der Waals surface area (Å²) < 4.78 is 5.29. The molecule has 20 heavy (non-hydrogen) atoms. The smallest absolute Gasteiger partial charge is 0.251 e. The molecule has 1 rings (SSSR count). The van der Waals surface area contributed by atoms with E-state index in [2.05, 4.69) is 5.32 Å². The van der Waals surface area contributed by atoms with Crippen molar-refractivity contribution >= 4 is 29.1 Å². The van der Waals surface area contributed by atoms with E-state index in [4.69, 9.17) is 27.9 Å². The molecular weight excluding hydrogens is 301 g/mol. The molecule has 1 atom stereocenters. The predicted molar refractivity (Wildman–Crippen MR) is 80.5 cm³/mol. The molecule has 0 aromatic heterocycles. The van der Waals surface area contributed by atoms with Gasteiger partial charge in [0.15, 0.2) is 0 Å². The van der Waals surface area contributed by atoms with Gasteiger partial charge in [-0.25, -0.2) is 0 Å². The van der Waals surface area contributed by atoms with Gasteiger partial charge in [-0.2, -0.15) is 0 Å². The highest BCUT2D eigenvalue weighted by atomic mass is 35.5. The van der Waals surface area contributed by atoms with Crippen LogP contribution in [0.2, 0.25) is 10.0 Å². The average Bonchev–Trinajstić information content (AvgIpc) is 2.34. The molecule has 0 saturated carbocycles. The summed E-state index contributed by atoms with van der Waals surface area (Å²) in [7, 11) is 0. The summed E-state index contributed by atoms with van der Waals surface area (Å²) in [5.74, 6) is 0.0719. The molecule has 6 heteroatoms. The predicted octanol–water partition coefficient (Wildman–Crippen LogP) is 2.76. The maximum Gasteiger partial charge on any atom is 0.251 e. The van der Waals surface area contributed by atoms with Gasteiger partial charge >= 0.3 is 0 Å². The van der Waals surface area contributed by atoms with Crippen LogP contribution in [0.1, 0.15) is 24.2 Å². The minimum Gasteiger partial charge on any atom is -0.389 e. The van der Waals surface area contributed by atoms with Crippen LogP contribution >= 0.6 is 23.2 Å². The monoisotopic (exact) mass is 319 g/mol. The normalized spacial score (nSPS) is 12.5. The summed E-state index contributed by atoms with van der Waals surface area (Å²) in [5.41, 5.74) is 0.359. The van der Waals surface area contributed by atoms with E-state index < -0.39 is 6.10 Å². The van der Waals surface area contributed by atoms with E-state index in [0.717, 1.165) is 0 Å². The number of aliphatic hydroxyl groups is 1. The van der Waals surface area contributed by atoms with Crippen LogP contribution < -0.4 is 5.32 Å². The highest BCUT2D eigenvalue weighted by molar-refractivity contribution is 6.35. The van der Waals surface area contributed by atoms with Gasteiger partial charge in [0.1, 0.15) is 0 Å². The van der Waals surface area contributed by atoms with Gasteiger partial charge in [-0.1, -0.05) is 37.0 Å². The van der Waals surface area contributed by atoms with E-state index in [0.29, 0.717) is 28.1 Å². The van der Waals surface area contributed by atoms with Crippen molar-refractivity contribution in [1.29, 1.82) is 0 Å². The largest absolute Gasteiger partial charge is 0.389 e. The van der Waals surface area contributed by atoms with Crippen molar-refractivity contribution in [1.82, 2.24) is 5.32 Å². The second-order valence-electron chi connectivity index (χ2n) is 4.95. The molecule has 0 spiro atoms. The Morgan fingerprint density at radius 1 is 1.25 bits per heavy atom. The molecule has 1 aromatic rings. The first-order chi connectivity index (χ1) is 9.38. The lowest BCUT2D eigenvalue weighted by atomic mass is 10.2. The van der Waals surface area contributed by atoms with Crippen molar-refractivity contribution in [2.45, 2.75) is 20.0 Å². The Kier molecular flexibility index (Phi) is 7.30. The van der Waals surface area contributed by atoms with Crippen LogP contribution in [0.25, 0.3) is 0 Å². The molecule has 1 amide bonds. The van der Waals surface area contributed by atoms with Crippen LogP contribution in [0.3, 0.4) is 0 Å². The molecule has 4 nitrogen and oxygen atoms in total. The first-order valence-corrected chi connectivity index (χ1v) is 7.14. The third kappa shape index (κ3) is 6.57. The molecule has 0 saturated heterocycles. The van der Waals surface area contributed by atoms with Crippen LogP contribution in [0.15, 0.2) is 18.2 Å². The lowest BCUT2D eigenvalue weighted by Crippen LogP contribution is -2.34. The minimum absolute atomic E-state index is 0.112. The minimum atomic E-state index is -0.743. The van der Waals surface area contributed by atoms with Gasteiger partial charge in [0.2, 0.25) is 0 Å². The number of carbonyl (C=O) groups is 1. The SMILES string of the molecule is CC(C)COCC(O)CNC(=O)c1cc(Cl)cc(Cl)c1. The fourth-order valence-corrected chi connectivity index (χ4v) is 2.02. The second-order valence-corrected chi connectivity index (χ2v) is 5.83. The Labute approximate surface area is 129 Å². The molecule has 0 aliphatic rings. The molecule has 0 bridgehead atoms. The Hall–Kier alpha value is -0.810. The lowest BCUT2D eigenvalue weighted by Gasteiger charge is -2.13. The van der Waals surface area contributed by atoms with Crippen molar-refractivity contribution in [2.75, 3.05) is 19.8 Å². The summed E-state index contributed by atoms with van der Waals surface area (Å²) >= 11 is 11.6. The van der Waals surface area contributed by atoms with Crippen LogP contribution in [0.5, 0.6) is 0 Å². The van der Waals surface area contributed by atoms with E-state index in [1.54, 1.807) is 6.07 Å².